The van der Waals surface area contributed by atoms with Gasteiger partial charge in [-0.05, 0) is 12.1 Å². The third-order valence-electron chi connectivity index (χ3n) is 1.63. The summed E-state index contributed by atoms with van der Waals surface area (Å²) >= 11 is 4.55. The molecule has 0 spiro atoms. The van der Waals surface area contributed by atoms with Crippen LogP contribution in [0.15, 0.2) is 22.8 Å². The highest BCUT2D eigenvalue weighted by molar-refractivity contribution is 7.80. The van der Waals surface area contributed by atoms with Crippen molar-refractivity contribution in [1.82, 2.24) is 10.6 Å². The van der Waals surface area contributed by atoms with Gasteiger partial charge in [0.2, 0.25) is 0 Å². The molecule has 1 aromatic heterocycles. The summed E-state index contributed by atoms with van der Waals surface area (Å²) in [5.74, 6) is -0.970. The predicted octanol–water partition coefficient (Wildman–Crippen LogP) is -0.702. The lowest BCUT2D eigenvalue weighted by atomic mass is 10.4. The Labute approximate surface area is 97.2 Å². The van der Waals surface area contributed by atoms with Crippen LogP contribution in [0.2, 0.25) is 0 Å². The van der Waals surface area contributed by atoms with Crippen LogP contribution in [0.1, 0.15) is 5.76 Å². The van der Waals surface area contributed by atoms with E-state index in [-0.39, 0.29) is 18.1 Å². The van der Waals surface area contributed by atoms with Gasteiger partial charge in [-0.15, -0.1) is 0 Å². The van der Waals surface area contributed by atoms with E-state index in [1.807, 2.05) is 0 Å². The molecule has 1 rings (SSSR count). The van der Waals surface area contributed by atoms with Crippen molar-refractivity contribution in [1.29, 1.82) is 0 Å². The topological polar surface area (TPSA) is 97.4 Å². The van der Waals surface area contributed by atoms with Crippen molar-refractivity contribution >= 4 is 29.0 Å². The minimum Gasteiger partial charge on any atom is -0.467 e. The molecule has 6 nitrogen and oxygen atoms in total. The van der Waals surface area contributed by atoms with Crippen molar-refractivity contribution < 1.29 is 14.0 Å². The number of rotatable bonds is 4. The first-order valence-electron chi connectivity index (χ1n) is 4.46. The lowest BCUT2D eigenvalue weighted by Gasteiger charge is -2.04. The molecule has 1 heterocycles. The molecule has 0 aromatic carbocycles. The normalized spacial score (nSPS) is 9.50. The Bertz CT molecular complexity index is 389. The molecule has 7 heteroatoms. The summed E-state index contributed by atoms with van der Waals surface area (Å²) in [6.45, 7) is 0.161. The number of hydrogen-bond acceptors (Lipinski definition) is 4. The van der Waals surface area contributed by atoms with E-state index in [1.54, 1.807) is 12.1 Å². The van der Waals surface area contributed by atoms with Crippen LogP contribution in [0, 0.1) is 0 Å². The monoisotopic (exact) mass is 241 g/mol. The molecule has 0 aliphatic heterocycles. The van der Waals surface area contributed by atoms with E-state index in [9.17, 15) is 9.59 Å². The highest BCUT2D eigenvalue weighted by Gasteiger charge is 2.12. The van der Waals surface area contributed by atoms with Gasteiger partial charge in [0.15, 0.2) is 0 Å². The van der Waals surface area contributed by atoms with Gasteiger partial charge in [-0.3, -0.25) is 9.59 Å². The number of carbonyl (C=O) groups is 2. The van der Waals surface area contributed by atoms with E-state index in [0.717, 1.165) is 0 Å². The van der Waals surface area contributed by atoms with Gasteiger partial charge < -0.3 is 20.8 Å². The second-order valence-corrected chi connectivity index (χ2v) is 3.44. The lowest BCUT2D eigenvalue weighted by molar-refractivity contribution is -0.139. The van der Waals surface area contributed by atoms with Crippen molar-refractivity contribution in [2.24, 2.45) is 5.73 Å². The van der Waals surface area contributed by atoms with Gasteiger partial charge in [0.05, 0.1) is 24.3 Å². The Morgan fingerprint density at radius 2 is 2.06 bits per heavy atom. The molecule has 0 fully saturated rings. The van der Waals surface area contributed by atoms with Crippen LogP contribution in [0.25, 0.3) is 0 Å². The van der Waals surface area contributed by atoms with Crippen molar-refractivity contribution in [2.45, 2.75) is 6.54 Å². The van der Waals surface area contributed by atoms with Crippen molar-refractivity contribution in [2.75, 3.05) is 6.54 Å². The van der Waals surface area contributed by atoms with Crippen LogP contribution in [0.3, 0.4) is 0 Å². The fraction of sp³-hybridized carbons (Fsp3) is 0.222. The first-order valence-corrected chi connectivity index (χ1v) is 4.87. The number of nitrogens with one attached hydrogen (secondary N) is 2. The van der Waals surface area contributed by atoms with Gasteiger partial charge in [-0.1, -0.05) is 12.2 Å². The second-order valence-electron chi connectivity index (χ2n) is 2.91. The van der Waals surface area contributed by atoms with Crippen LogP contribution in [-0.4, -0.2) is 23.3 Å². The molecule has 1 aromatic rings. The Hall–Kier alpha value is -1.89. The van der Waals surface area contributed by atoms with Crippen LogP contribution in [-0.2, 0) is 16.1 Å². The molecule has 0 radical (unpaired) electrons. The molecular weight excluding hydrogens is 230 g/mol. The van der Waals surface area contributed by atoms with Gasteiger partial charge in [-0.25, -0.2) is 0 Å². The van der Waals surface area contributed by atoms with E-state index >= 15 is 0 Å². The average Bonchev–Trinajstić information content (AvgIpc) is 2.75. The molecule has 16 heavy (non-hydrogen) atoms. The summed E-state index contributed by atoms with van der Waals surface area (Å²) in [7, 11) is 0. The summed E-state index contributed by atoms with van der Waals surface area (Å²) in [5, 5.41) is 4.64. The van der Waals surface area contributed by atoms with E-state index in [4.69, 9.17) is 10.2 Å². The summed E-state index contributed by atoms with van der Waals surface area (Å²) in [6, 6.07) is 3.38. The summed E-state index contributed by atoms with van der Waals surface area (Å²) in [6.07, 6.45) is 1.48. The number of furan rings is 1. The SMILES string of the molecule is NC(=S)CNC(=O)C(=O)NCc1ccco1. The number of carbonyl (C=O) groups excluding carboxylic acids is 2. The number of nitrogens with two attached hydrogens (primary N) is 1. The van der Waals surface area contributed by atoms with E-state index in [0.29, 0.717) is 5.76 Å². The van der Waals surface area contributed by atoms with Crippen molar-refractivity contribution in [3.05, 3.63) is 24.2 Å². The highest BCUT2D eigenvalue weighted by Crippen LogP contribution is 1.97. The van der Waals surface area contributed by atoms with Gasteiger partial charge in [0.25, 0.3) is 0 Å². The first kappa shape index (κ1) is 12.2. The van der Waals surface area contributed by atoms with Crippen LogP contribution >= 0.6 is 12.2 Å². The van der Waals surface area contributed by atoms with Gasteiger partial charge in [-0.2, -0.15) is 0 Å². The highest BCUT2D eigenvalue weighted by atomic mass is 32.1. The number of hydrogen-bond donors (Lipinski definition) is 3. The zero-order valence-corrected chi connectivity index (χ0v) is 9.17. The molecule has 4 N–H and O–H groups in total. The molecular formula is C9H11N3O3S. The number of amides is 2. The molecule has 0 aliphatic carbocycles. The number of thiocarbonyl (C=S) groups is 1. The fourth-order valence-corrected chi connectivity index (χ4v) is 0.981. The predicted molar refractivity (Wildman–Crippen MR) is 60.3 cm³/mol. The van der Waals surface area contributed by atoms with Gasteiger partial charge in [0, 0.05) is 0 Å². The average molecular weight is 241 g/mol. The molecule has 0 unspecified atom stereocenters. The van der Waals surface area contributed by atoms with Gasteiger partial charge >= 0.3 is 11.8 Å². The molecule has 86 valence electrons. The van der Waals surface area contributed by atoms with Crippen LogP contribution in [0.5, 0.6) is 0 Å². The second kappa shape index (κ2) is 5.86. The zero-order chi connectivity index (χ0) is 12.0. The maximum Gasteiger partial charge on any atom is 0.309 e. The third-order valence-corrected chi connectivity index (χ3v) is 1.78. The lowest BCUT2D eigenvalue weighted by Crippen LogP contribution is -2.42. The first-order chi connectivity index (χ1) is 7.59. The molecule has 0 saturated heterocycles. The van der Waals surface area contributed by atoms with Crippen molar-refractivity contribution in [3.63, 3.8) is 0 Å². The molecule has 0 atom stereocenters. The maximum absolute atomic E-state index is 11.2. The standard InChI is InChI=1S/C9H11N3O3S/c10-7(16)5-12-9(14)8(13)11-4-6-2-1-3-15-6/h1-3H,4-5H2,(H2,10,16)(H,11,13)(H,12,14). The van der Waals surface area contributed by atoms with Gasteiger partial charge in [0.1, 0.15) is 5.76 Å². The third kappa shape index (κ3) is 4.09. The summed E-state index contributed by atoms with van der Waals surface area (Å²) in [5.41, 5.74) is 5.16. The van der Waals surface area contributed by atoms with E-state index in [2.05, 4.69) is 22.9 Å². The largest absolute Gasteiger partial charge is 0.467 e. The van der Waals surface area contributed by atoms with Crippen LogP contribution < -0.4 is 16.4 Å². The zero-order valence-electron chi connectivity index (χ0n) is 8.36. The Morgan fingerprint density at radius 3 is 2.62 bits per heavy atom. The molecule has 0 bridgehead atoms. The van der Waals surface area contributed by atoms with Crippen molar-refractivity contribution in [3.8, 4) is 0 Å². The Morgan fingerprint density at radius 1 is 1.38 bits per heavy atom. The quantitative estimate of drug-likeness (QED) is 0.478. The fourth-order valence-electron chi connectivity index (χ4n) is 0.909. The smallest absolute Gasteiger partial charge is 0.309 e. The van der Waals surface area contributed by atoms with E-state index < -0.39 is 11.8 Å². The Balaban J connectivity index is 2.29. The maximum atomic E-state index is 11.2. The Kier molecular flexibility index (Phi) is 4.46. The molecule has 2 amide bonds. The minimum atomic E-state index is -0.778. The summed E-state index contributed by atoms with van der Waals surface area (Å²) in [4.78, 5) is 22.5. The van der Waals surface area contributed by atoms with Crippen LogP contribution in [0.4, 0.5) is 0 Å². The minimum absolute atomic E-state index is 0.00232. The molecule has 0 saturated carbocycles. The van der Waals surface area contributed by atoms with E-state index in [1.165, 1.54) is 6.26 Å². The molecule has 0 aliphatic rings. The summed E-state index contributed by atoms with van der Waals surface area (Å²) < 4.78 is 4.97.